The summed E-state index contributed by atoms with van der Waals surface area (Å²) in [6, 6.07) is 12.7. The SMILES string of the molecule is CCC(C(=O)NC1CCCC1)N(Cc1ccccc1C)C(=O)CN(c1cc(C)ccc1C)S(=O)(=O)N(C)C. The predicted octanol–water partition coefficient (Wildman–Crippen LogP) is 4.09. The monoisotopic (exact) mass is 542 g/mol. The van der Waals surface area contributed by atoms with Crippen molar-refractivity contribution in [1.82, 2.24) is 14.5 Å². The number of rotatable bonds is 11. The smallest absolute Gasteiger partial charge is 0.304 e. The zero-order valence-electron chi connectivity index (χ0n) is 23.5. The van der Waals surface area contributed by atoms with Crippen molar-refractivity contribution < 1.29 is 18.0 Å². The largest absolute Gasteiger partial charge is 0.352 e. The van der Waals surface area contributed by atoms with Crippen LogP contribution in [0.5, 0.6) is 0 Å². The van der Waals surface area contributed by atoms with Crippen molar-refractivity contribution in [3.05, 3.63) is 64.7 Å². The summed E-state index contributed by atoms with van der Waals surface area (Å²) in [5.74, 6) is -0.608. The number of amides is 2. The van der Waals surface area contributed by atoms with E-state index in [0.29, 0.717) is 12.1 Å². The zero-order chi connectivity index (χ0) is 28.0. The molecule has 9 heteroatoms. The molecule has 1 aliphatic carbocycles. The van der Waals surface area contributed by atoms with Gasteiger partial charge in [-0.2, -0.15) is 12.7 Å². The summed E-state index contributed by atoms with van der Waals surface area (Å²) in [5.41, 5.74) is 4.00. The van der Waals surface area contributed by atoms with E-state index in [0.717, 1.165) is 56.5 Å². The zero-order valence-corrected chi connectivity index (χ0v) is 24.3. The fourth-order valence-corrected chi connectivity index (χ4v) is 6.06. The molecule has 0 aromatic heterocycles. The van der Waals surface area contributed by atoms with E-state index < -0.39 is 28.7 Å². The highest BCUT2D eigenvalue weighted by molar-refractivity contribution is 7.90. The number of benzene rings is 2. The average molecular weight is 543 g/mol. The van der Waals surface area contributed by atoms with Crippen LogP contribution in [0.1, 0.15) is 61.3 Å². The van der Waals surface area contributed by atoms with Gasteiger partial charge in [0.2, 0.25) is 11.8 Å². The van der Waals surface area contributed by atoms with Gasteiger partial charge in [0.25, 0.3) is 0 Å². The molecule has 1 unspecified atom stereocenters. The number of nitrogens with zero attached hydrogens (tertiary/aromatic N) is 3. The predicted molar refractivity (Wildman–Crippen MR) is 152 cm³/mol. The Balaban J connectivity index is 2.01. The molecule has 0 bridgehead atoms. The maximum atomic E-state index is 14.1. The fraction of sp³-hybridized carbons (Fsp3) is 0.517. The van der Waals surface area contributed by atoms with Gasteiger partial charge < -0.3 is 10.2 Å². The van der Waals surface area contributed by atoms with Crippen LogP contribution in [0.2, 0.25) is 0 Å². The fourth-order valence-electron chi connectivity index (χ4n) is 4.95. The maximum Gasteiger partial charge on any atom is 0.304 e. The van der Waals surface area contributed by atoms with Crippen molar-refractivity contribution >= 4 is 27.7 Å². The van der Waals surface area contributed by atoms with Gasteiger partial charge >= 0.3 is 10.2 Å². The van der Waals surface area contributed by atoms with Gasteiger partial charge in [-0.25, -0.2) is 4.31 Å². The molecule has 1 aliphatic rings. The van der Waals surface area contributed by atoms with Gasteiger partial charge in [-0.05, 0) is 68.4 Å². The summed E-state index contributed by atoms with van der Waals surface area (Å²) >= 11 is 0. The lowest BCUT2D eigenvalue weighted by molar-refractivity contribution is -0.140. The van der Waals surface area contributed by atoms with Crippen LogP contribution >= 0.6 is 0 Å². The van der Waals surface area contributed by atoms with Gasteiger partial charge in [-0.3, -0.25) is 9.59 Å². The molecule has 1 N–H and O–H groups in total. The van der Waals surface area contributed by atoms with E-state index >= 15 is 0 Å². The van der Waals surface area contributed by atoms with Crippen LogP contribution in [0.15, 0.2) is 42.5 Å². The molecule has 1 atom stereocenters. The van der Waals surface area contributed by atoms with Gasteiger partial charge in [0, 0.05) is 26.7 Å². The first-order valence-electron chi connectivity index (χ1n) is 13.4. The summed E-state index contributed by atoms with van der Waals surface area (Å²) in [4.78, 5) is 29.1. The van der Waals surface area contributed by atoms with Gasteiger partial charge in [0.15, 0.2) is 0 Å². The van der Waals surface area contributed by atoms with E-state index in [1.807, 2.05) is 64.1 Å². The topological polar surface area (TPSA) is 90.0 Å². The molecular formula is C29H42N4O4S. The minimum absolute atomic E-state index is 0.118. The van der Waals surface area contributed by atoms with E-state index in [4.69, 9.17) is 0 Å². The van der Waals surface area contributed by atoms with E-state index in [-0.39, 0.29) is 18.5 Å². The molecule has 38 heavy (non-hydrogen) atoms. The molecule has 2 amide bonds. The lowest BCUT2D eigenvalue weighted by atomic mass is 10.1. The van der Waals surface area contributed by atoms with Crippen LogP contribution in [0, 0.1) is 20.8 Å². The third-order valence-corrected chi connectivity index (χ3v) is 9.15. The first kappa shape index (κ1) is 29.6. The Labute approximate surface area is 228 Å². The van der Waals surface area contributed by atoms with Crippen molar-refractivity contribution in [3.8, 4) is 0 Å². The van der Waals surface area contributed by atoms with E-state index in [1.165, 1.54) is 14.1 Å². The molecule has 208 valence electrons. The molecule has 3 rings (SSSR count). The number of carbonyl (C=O) groups excluding carboxylic acids is 2. The van der Waals surface area contributed by atoms with Crippen LogP contribution in [-0.4, -0.2) is 62.2 Å². The maximum absolute atomic E-state index is 14.1. The summed E-state index contributed by atoms with van der Waals surface area (Å²) in [5, 5.41) is 3.14. The van der Waals surface area contributed by atoms with E-state index in [1.54, 1.807) is 11.0 Å². The third kappa shape index (κ3) is 6.94. The summed E-state index contributed by atoms with van der Waals surface area (Å²) < 4.78 is 29.2. The minimum Gasteiger partial charge on any atom is -0.352 e. The first-order chi connectivity index (χ1) is 17.9. The highest BCUT2D eigenvalue weighted by Crippen LogP contribution is 2.26. The van der Waals surface area contributed by atoms with Crippen LogP contribution in [-0.2, 0) is 26.3 Å². The molecule has 0 heterocycles. The first-order valence-corrected chi connectivity index (χ1v) is 14.8. The standard InChI is InChI=1S/C29H42N4O4S/c1-7-26(29(35)30-25-14-10-11-15-25)32(19-24-13-9-8-12-22(24)3)28(34)20-33(38(36,37)31(5)6)27-18-21(2)16-17-23(27)4/h8-9,12-13,16-18,25-26H,7,10-11,14-15,19-20H2,1-6H3,(H,30,35). The molecular weight excluding hydrogens is 500 g/mol. The van der Waals surface area contributed by atoms with Crippen molar-refractivity contribution in [2.24, 2.45) is 0 Å². The molecule has 2 aromatic rings. The quantitative estimate of drug-likeness (QED) is 0.463. The van der Waals surface area contributed by atoms with Gasteiger partial charge in [0.1, 0.15) is 12.6 Å². The molecule has 1 fully saturated rings. The Hall–Kier alpha value is -2.91. The van der Waals surface area contributed by atoms with Crippen LogP contribution < -0.4 is 9.62 Å². The Morgan fingerprint density at radius 1 is 1.00 bits per heavy atom. The number of nitrogens with one attached hydrogen (secondary N) is 1. The summed E-state index contributed by atoms with van der Waals surface area (Å²) in [6.07, 6.45) is 4.46. The number of aryl methyl sites for hydroxylation is 3. The molecule has 0 aliphatic heterocycles. The van der Waals surface area contributed by atoms with Gasteiger partial charge in [-0.15, -0.1) is 0 Å². The number of anilines is 1. The molecule has 0 saturated heterocycles. The molecule has 2 aromatic carbocycles. The van der Waals surface area contributed by atoms with Crippen LogP contribution in [0.25, 0.3) is 0 Å². The van der Waals surface area contributed by atoms with E-state index in [2.05, 4.69) is 5.32 Å². The molecule has 0 radical (unpaired) electrons. The highest BCUT2D eigenvalue weighted by atomic mass is 32.2. The summed E-state index contributed by atoms with van der Waals surface area (Å²) in [6.45, 7) is 7.36. The number of hydrogen-bond donors (Lipinski definition) is 1. The lowest BCUT2D eigenvalue weighted by Gasteiger charge is -2.35. The van der Waals surface area contributed by atoms with Crippen molar-refractivity contribution in [2.45, 2.75) is 78.4 Å². The Morgan fingerprint density at radius 2 is 1.66 bits per heavy atom. The lowest BCUT2D eigenvalue weighted by Crippen LogP contribution is -2.54. The Morgan fingerprint density at radius 3 is 2.26 bits per heavy atom. The Kier molecular flexibility index (Phi) is 9.95. The van der Waals surface area contributed by atoms with Crippen molar-refractivity contribution in [3.63, 3.8) is 0 Å². The van der Waals surface area contributed by atoms with E-state index in [9.17, 15) is 18.0 Å². The van der Waals surface area contributed by atoms with Gasteiger partial charge in [-0.1, -0.05) is 56.2 Å². The molecule has 8 nitrogen and oxygen atoms in total. The molecule has 1 saturated carbocycles. The normalized spacial score (nSPS) is 14.9. The second-order valence-corrected chi connectivity index (χ2v) is 12.5. The minimum atomic E-state index is -3.99. The molecule has 0 spiro atoms. The van der Waals surface area contributed by atoms with Crippen LogP contribution in [0.3, 0.4) is 0 Å². The van der Waals surface area contributed by atoms with Crippen molar-refractivity contribution in [2.75, 3.05) is 24.9 Å². The number of hydrogen-bond acceptors (Lipinski definition) is 4. The summed E-state index contributed by atoms with van der Waals surface area (Å²) in [7, 11) is -1.09. The average Bonchev–Trinajstić information content (AvgIpc) is 3.37. The number of carbonyl (C=O) groups is 2. The van der Waals surface area contributed by atoms with Gasteiger partial charge in [0.05, 0.1) is 5.69 Å². The second kappa shape index (κ2) is 12.8. The van der Waals surface area contributed by atoms with Crippen LogP contribution in [0.4, 0.5) is 5.69 Å². The van der Waals surface area contributed by atoms with Crippen molar-refractivity contribution in [1.29, 1.82) is 0 Å². The highest BCUT2D eigenvalue weighted by Gasteiger charge is 2.35. The Bertz CT molecular complexity index is 1240. The second-order valence-electron chi connectivity index (χ2n) is 10.4. The third-order valence-electron chi connectivity index (χ3n) is 7.34.